The summed E-state index contributed by atoms with van der Waals surface area (Å²) in [5.74, 6) is 0.551. The summed E-state index contributed by atoms with van der Waals surface area (Å²) in [4.78, 5) is 30.4. The van der Waals surface area contributed by atoms with Gasteiger partial charge in [0.1, 0.15) is 6.04 Å². The Morgan fingerprint density at radius 1 is 1.29 bits per heavy atom. The van der Waals surface area contributed by atoms with E-state index in [1.54, 1.807) is 17.3 Å². The normalized spacial score (nSPS) is 15.9. The topological polar surface area (TPSA) is 59.5 Å². The number of carbonyl (C=O) groups excluding carboxylic acids is 2. The van der Waals surface area contributed by atoms with Crippen molar-refractivity contribution in [2.24, 2.45) is 0 Å². The van der Waals surface area contributed by atoms with Gasteiger partial charge in [-0.1, -0.05) is 24.3 Å². The average Bonchev–Trinajstić information content (AvgIpc) is 3.01. The Morgan fingerprint density at radius 3 is 2.88 bits per heavy atom. The van der Waals surface area contributed by atoms with Crippen molar-refractivity contribution in [2.75, 3.05) is 17.8 Å². The zero-order valence-corrected chi connectivity index (χ0v) is 14.2. The van der Waals surface area contributed by atoms with Gasteiger partial charge in [0.05, 0.1) is 12.9 Å². The first-order valence-corrected chi connectivity index (χ1v) is 8.80. The number of aromatic nitrogens is 1. The first kappa shape index (κ1) is 16.5. The Balaban J connectivity index is 1.70. The van der Waals surface area contributed by atoms with E-state index in [4.69, 9.17) is 4.74 Å². The number of pyridine rings is 1. The summed E-state index contributed by atoms with van der Waals surface area (Å²) in [5.41, 5.74) is 2.88. The van der Waals surface area contributed by atoms with Gasteiger partial charge >= 0.3 is 5.97 Å². The summed E-state index contributed by atoms with van der Waals surface area (Å²) in [7, 11) is 1.35. The minimum Gasteiger partial charge on any atom is -0.467 e. The van der Waals surface area contributed by atoms with E-state index in [0.717, 1.165) is 16.8 Å². The summed E-state index contributed by atoms with van der Waals surface area (Å²) < 4.78 is 4.87. The number of rotatable bonds is 5. The van der Waals surface area contributed by atoms with Crippen LogP contribution in [0.3, 0.4) is 0 Å². The minimum atomic E-state index is -0.570. The van der Waals surface area contributed by atoms with E-state index in [1.165, 1.54) is 18.9 Å². The summed E-state index contributed by atoms with van der Waals surface area (Å²) in [6.07, 6.45) is 4.02. The predicted molar refractivity (Wildman–Crippen MR) is 93.8 cm³/mol. The molecule has 1 aliphatic heterocycles. The Bertz CT molecular complexity index is 736. The number of esters is 1. The van der Waals surface area contributed by atoms with E-state index in [0.29, 0.717) is 17.9 Å². The van der Waals surface area contributed by atoms with Crippen molar-refractivity contribution in [2.45, 2.75) is 18.2 Å². The van der Waals surface area contributed by atoms with Crippen LogP contribution in [0, 0.1) is 0 Å². The Morgan fingerprint density at radius 2 is 2.12 bits per heavy atom. The van der Waals surface area contributed by atoms with Crippen molar-refractivity contribution in [3.63, 3.8) is 0 Å². The van der Waals surface area contributed by atoms with Crippen molar-refractivity contribution >= 4 is 29.3 Å². The molecule has 2 heterocycles. The number of hydrogen-bond donors (Lipinski definition) is 0. The first-order chi connectivity index (χ1) is 11.7. The van der Waals surface area contributed by atoms with Crippen LogP contribution in [-0.4, -0.2) is 35.8 Å². The molecule has 1 amide bonds. The third-order valence-corrected chi connectivity index (χ3v) is 4.92. The van der Waals surface area contributed by atoms with E-state index >= 15 is 0 Å². The molecule has 3 rings (SSSR count). The molecule has 0 fully saturated rings. The number of para-hydroxylation sites is 1. The molecule has 0 unspecified atom stereocenters. The Labute approximate surface area is 145 Å². The predicted octanol–water partition coefficient (Wildman–Crippen LogP) is 2.45. The summed E-state index contributed by atoms with van der Waals surface area (Å²) in [5, 5.41) is 0. The highest BCUT2D eigenvalue weighted by molar-refractivity contribution is 7.99. The molecule has 1 aliphatic rings. The number of fused-ring (bicyclic) bond motifs is 1. The lowest BCUT2D eigenvalue weighted by atomic mass is 10.1. The first-order valence-electron chi connectivity index (χ1n) is 7.65. The second-order valence-corrected chi connectivity index (χ2v) is 6.48. The Kier molecular flexibility index (Phi) is 5.15. The van der Waals surface area contributed by atoms with Crippen LogP contribution in [0.5, 0.6) is 0 Å². The third-order valence-electron chi connectivity index (χ3n) is 3.94. The molecule has 1 atom stereocenters. The molecule has 1 aromatic carbocycles. The van der Waals surface area contributed by atoms with E-state index in [-0.39, 0.29) is 11.9 Å². The SMILES string of the molecule is COC(=O)[C@H]1Cc2ccccc2N1C(=O)CSCc1cccnc1. The van der Waals surface area contributed by atoms with Crippen LogP contribution in [0.4, 0.5) is 5.69 Å². The number of ether oxygens (including phenoxy) is 1. The molecule has 124 valence electrons. The number of methoxy groups -OCH3 is 1. The highest BCUT2D eigenvalue weighted by Gasteiger charge is 2.38. The van der Waals surface area contributed by atoms with E-state index in [9.17, 15) is 9.59 Å². The minimum absolute atomic E-state index is 0.0794. The maximum absolute atomic E-state index is 12.7. The van der Waals surface area contributed by atoms with Crippen molar-refractivity contribution in [3.8, 4) is 0 Å². The molecule has 1 aromatic heterocycles. The number of thioether (sulfide) groups is 1. The molecule has 0 spiro atoms. The largest absolute Gasteiger partial charge is 0.467 e. The summed E-state index contributed by atoms with van der Waals surface area (Å²) in [6, 6.07) is 10.9. The van der Waals surface area contributed by atoms with Gasteiger partial charge in [-0.25, -0.2) is 4.79 Å². The number of anilines is 1. The lowest BCUT2D eigenvalue weighted by molar-refractivity contribution is -0.143. The highest BCUT2D eigenvalue weighted by Crippen LogP contribution is 2.33. The van der Waals surface area contributed by atoms with Gasteiger partial charge in [-0.2, -0.15) is 0 Å². The summed E-state index contributed by atoms with van der Waals surface area (Å²) in [6.45, 7) is 0. The molecule has 24 heavy (non-hydrogen) atoms. The van der Waals surface area contributed by atoms with Gasteiger partial charge in [-0.05, 0) is 23.3 Å². The molecular weight excluding hydrogens is 324 g/mol. The third kappa shape index (κ3) is 3.43. The second kappa shape index (κ2) is 7.49. The molecule has 0 saturated carbocycles. The van der Waals surface area contributed by atoms with Gasteiger partial charge in [0.15, 0.2) is 0 Å². The maximum Gasteiger partial charge on any atom is 0.329 e. The van der Waals surface area contributed by atoms with Crippen molar-refractivity contribution in [1.29, 1.82) is 0 Å². The molecule has 2 aromatic rings. The van der Waals surface area contributed by atoms with Gasteiger partial charge in [0, 0.05) is 30.3 Å². The number of carbonyl (C=O) groups is 2. The zero-order valence-electron chi connectivity index (χ0n) is 13.3. The quantitative estimate of drug-likeness (QED) is 0.781. The van der Waals surface area contributed by atoms with Gasteiger partial charge in [-0.3, -0.25) is 14.7 Å². The fourth-order valence-corrected chi connectivity index (χ4v) is 3.65. The lowest BCUT2D eigenvalue weighted by Gasteiger charge is -2.23. The molecule has 0 N–H and O–H groups in total. The second-order valence-electron chi connectivity index (χ2n) is 5.49. The van der Waals surface area contributed by atoms with Crippen LogP contribution < -0.4 is 4.90 Å². The highest BCUT2D eigenvalue weighted by atomic mass is 32.2. The monoisotopic (exact) mass is 342 g/mol. The fraction of sp³-hybridized carbons (Fsp3) is 0.278. The van der Waals surface area contributed by atoms with E-state index < -0.39 is 6.04 Å². The van der Waals surface area contributed by atoms with E-state index in [1.807, 2.05) is 36.4 Å². The smallest absolute Gasteiger partial charge is 0.329 e. The Hall–Kier alpha value is -2.34. The molecule has 0 bridgehead atoms. The van der Waals surface area contributed by atoms with Gasteiger partial charge < -0.3 is 4.74 Å². The van der Waals surface area contributed by atoms with Crippen LogP contribution in [0.25, 0.3) is 0 Å². The molecular formula is C18H18N2O3S. The number of amides is 1. The van der Waals surface area contributed by atoms with Crippen LogP contribution in [0.15, 0.2) is 48.8 Å². The molecule has 0 saturated heterocycles. The van der Waals surface area contributed by atoms with Crippen molar-refractivity contribution < 1.29 is 14.3 Å². The molecule has 6 heteroatoms. The van der Waals surface area contributed by atoms with Crippen molar-refractivity contribution in [3.05, 3.63) is 59.9 Å². The van der Waals surface area contributed by atoms with Gasteiger partial charge in [0.2, 0.25) is 5.91 Å². The molecule has 5 nitrogen and oxygen atoms in total. The van der Waals surface area contributed by atoms with Gasteiger partial charge in [-0.15, -0.1) is 11.8 Å². The maximum atomic E-state index is 12.7. The summed E-state index contributed by atoms with van der Waals surface area (Å²) >= 11 is 1.51. The molecule has 0 radical (unpaired) electrons. The number of hydrogen-bond acceptors (Lipinski definition) is 5. The number of nitrogens with zero attached hydrogens (tertiary/aromatic N) is 2. The zero-order chi connectivity index (χ0) is 16.9. The number of benzene rings is 1. The van der Waals surface area contributed by atoms with Crippen LogP contribution >= 0.6 is 11.8 Å². The van der Waals surface area contributed by atoms with Crippen molar-refractivity contribution in [1.82, 2.24) is 4.98 Å². The lowest BCUT2D eigenvalue weighted by Crippen LogP contribution is -2.44. The average molecular weight is 342 g/mol. The standard InChI is InChI=1S/C18H18N2O3S/c1-23-18(22)16-9-14-6-2-3-7-15(14)20(16)17(21)12-24-11-13-5-4-8-19-10-13/h2-8,10,16H,9,11-12H2,1H3/t16-/m1/s1. The van der Waals surface area contributed by atoms with Gasteiger partial charge in [0.25, 0.3) is 0 Å². The molecule has 0 aliphatic carbocycles. The fourth-order valence-electron chi connectivity index (χ4n) is 2.83. The van der Waals surface area contributed by atoms with Crippen LogP contribution in [0.1, 0.15) is 11.1 Å². The van der Waals surface area contributed by atoms with Crippen LogP contribution in [0.2, 0.25) is 0 Å². The van der Waals surface area contributed by atoms with E-state index in [2.05, 4.69) is 4.98 Å². The van der Waals surface area contributed by atoms with Crippen LogP contribution in [-0.2, 0) is 26.5 Å².